The Kier molecular flexibility index (Phi) is 6.19. The van der Waals surface area contributed by atoms with Crippen LogP contribution in [0.3, 0.4) is 0 Å². The van der Waals surface area contributed by atoms with Crippen LogP contribution in [0.2, 0.25) is 0 Å². The maximum absolute atomic E-state index is 2.42. The van der Waals surface area contributed by atoms with E-state index in [0.29, 0.717) is 0 Å². The van der Waals surface area contributed by atoms with E-state index in [9.17, 15) is 0 Å². The molecule has 0 aliphatic carbocycles. The molecule has 3 atom stereocenters. The van der Waals surface area contributed by atoms with Gasteiger partial charge in [0.05, 0.1) is 0 Å². The minimum Gasteiger partial charge on any atom is -0.122 e. The highest BCUT2D eigenvalue weighted by atomic mass is 31.1. The van der Waals surface area contributed by atoms with Crippen LogP contribution in [0.5, 0.6) is 0 Å². The van der Waals surface area contributed by atoms with Gasteiger partial charge in [0.1, 0.15) is 0 Å². The number of hydrogen-bond donors (Lipinski definition) is 0. The van der Waals surface area contributed by atoms with Crippen molar-refractivity contribution in [2.24, 2.45) is 17.8 Å². The standard InChI is InChI=1S/C11H25P/c1-8(2)7-10(5)11(12-6)9(3)4/h8-12H,7H2,1-6H3. The molecule has 0 spiro atoms. The Morgan fingerprint density at radius 2 is 1.50 bits per heavy atom. The predicted molar refractivity (Wildman–Crippen MR) is 61.5 cm³/mol. The van der Waals surface area contributed by atoms with E-state index in [4.69, 9.17) is 0 Å². The summed E-state index contributed by atoms with van der Waals surface area (Å²) in [6, 6.07) is 0. The summed E-state index contributed by atoms with van der Waals surface area (Å²) in [4.78, 5) is 0. The van der Waals surface area contributed by atoms with E-state index in [2.05, 4.69) is 41.3 Å². The van der Waals surface area contributed by atoms with Crippen LogP contribution in [0.1, 0.15) is 41.0 Å². The first-order valence-electron chi connectivity index (χ1n) is 5.16. The molecule has 0 bridgehead atoms. The molecule has 0 rings (SSSR count). The minimum atomic E-state index is 0.859. The van der Waals surface area contributed by atoms with Gasteiger partial charge in [0.2, 0.25) is 0 Å². The first-order chi connectivity index (χ1) is 5.49. The Morgan fingerprint density at radius 3 is 1.75 bits per heavy atom. The Labute approximate surface area is 80.3 Å². The van der Waals surface area contributed by atoms with Gasteiger partial charge in [-0.25, -0.2) is 0 Å². The lowest BCUT2D eigenvalue weighted by molar-refractivity contribution is 0.378. The summed E-state index contributed by atoms with van der Waals surface area (Å²) >= 11 is 0. The van der Waals surface area contributed by atoms with Gasteiger partial charge >= 0.3 is 0 Å². The molecule has 12 heavy (non-hydrogen) atoms. The van der Waals surface area contributed by atoms with E-state index < -0.39 is 0 Å². The second-order valence-electron chi connectivity index (χ2n) is 4.67. The van der Waals surface area contributed by atoms with Crippen molar-refractivity contribution in [2.75, 3.05) is 6.66 Å². The summed E-state index contributed by atoms with van der Waals surface area (Å²) in [5, 5.41) is 0. The first-order valence-corrected chi connectivity index (χ1v) is 6.74. The Balaban J connectivity index is 3.94. The summed E-state index contributed by atoms with van der Waals surface area (Å²) in [5.41, 5.74) is 0.951. The van der Waals surface area contributed by atoms with Gasteiger partial charge in [0.15, 0.2) is 0 Å². The van der Waals surface area contributed by atoms with Gasteiger partial charge in [-0.3, -0.25) is 0 Å². The Hall–Kier alpha value is 0.430. The van der Waals surface area contributed by atoms with E-state index in [0.717, 1.165) is 32.0 Å². The fraction of sp³-hybridized carbons (Fsp3) is 1.00. The molecular weight excluding hydrogens is 163 g/mol. The summed E-state index contributed by atoms with van der Waals surface area (Å²) in [6.07, 6.45) is 1.39. The van der Waals surface area contributed by atoms with Gasteiger partial charge in [0.25, 0.3) is 0 Å². The van der Waals surface area contributed by atoms with Crippen molar-refractivity contribution in [3.63, 3.8) is 0 Å². The highest BCUT2D eigenvalue weighted by molar-refractivity contribution is 7.37. The fourth-order valence-corrected chi connectivity index (χ4v) is 3.54. The normalized spacial score (nSPS) is 18.0. The fourth-order valence-electron chi connectivity index (χ4n) is 2.17. The van der Waals surface area contributed by atoms with Gasteiger partial charge in [-0.15, -0.1) is 8.58 Å². The van der Waals surface area contributed by atoms with E-state index in [1.165, 1.54) is 6.42 Å². The molecule has 0 nitrogen and oxygen atoms in total. The zero-order valence-electron chi connectivity index (χ0n) is 9.52. The molecule has 3 unspecified atom stereocenters. The van der Waals surface area contributed by atoms with Crippen molar-refractivity contribution in [2.45, 2.75) is 46.7 Å². The maximum Gasteiger partial charge on any atom is -0.0190 e. The quantitative estimate of drug-likeness (QED) is 0.572. The van der Waals surface area contributed by atoms with Crippen molar-refractivity contribution in [3.05, 3.63) is 0 Å². The molecule has 0 heterocycles. The molecular formula is C11H25P. The molecule has 0 saturated carbocycles. The zero-order chi connectivity index (χ0) is 9.72. The molecule has 0 aromatic heterocycles. The van der Waals surface area contributed by atoms with Gasteiger partial charge in [0, 0.05) is 0 Å². The molecule has 0 aliphatic rings. The summed E-state index contributed by atoms with van der Waals surface area (Å²) in [7, 11) is 1.11. The molecule has 0 aliphatic heterocycles. The molecule has 74 valence electrons. The van der Waals surface area contributed by atoms with Crippen LogP contribution in [-0.2, 0) is 0 Å². The molecule has 0 fully saturated rings. The molecule has 0 amide bonds. The third-order valence-corrected chi connectivity index (χ3v) is 4.41. The van der Waals surface area contributed by atoms with Gasteiger partial charge < -0.3 is 0 Å². The van der Waals surface area contributed by atoms with Crippen molar-refractivity contribution < 1.29 is 0 Å². The van der Waals surface area contributed by atoms with Crippen LogP contribution in [0.4, 0.5) is 0 Å². The van der Waals surface area contributed by atoms with Crippen molar-refractivity contribution >= 4 is 8.58 Å². The zero-order valence-corrected chi connectivity index (χ0v) is 10.5. The topological polar surface area (TPSA) is 0 Å². The monoisotopic (exact) mass is 188 g/mol. The lowest BCUT2D eigenvalue weighted by atomic mass is 9.90. The molecule has 1 heteroatoms. The van der Waals surface area contributed by atoms with Crippen LogP contribution < -0.4 is 0 Å². The Morgan fingerprint density at radius 1 is 1.00 bits per heavy atom. The van der Waals surface area contributed by atoms with Crippen molar-refractivity contribution in [3.8, 4) is 0 Å². The minimum absolute atomic E-state index is 0.859. The Bertz CT molecular complexity index is 108. The van der Waals surface area contributed by atoms with Crippen molar-refractivity contribution in [1.29, 1.82) is 0 Å². The van der Waals surface area contributed by atoms with Gasteiger partial charge in [-0.05, 0) is 36.5 Å². The second-order valence-corrected chi connectivity index (χ2v) is 5.91. The van der Waals surface area contributed by atoms with Crippen LogP contribution in [0.25, 0.3) is 0 Å². The SMILES string of the molecule is CPC(C(C)C)C(C)CC(C)C. The summed E-state index contributed by atoms with van der Waals surface area (Å²) < 4.78 is 0. The third-order valence-electron chi connectivity index (χ3n) is 2.51. The molecule has 0 radical (unpaired) electrons. The second kappa shape index (κ2) is 5.97. The van der Waals surface area contributed by atoms with Gasteiger partial charge in [-0.1, -0.05) is 34.6 Å². The maximum atomic E-state index is 2.42. The summed E-state index contributed by atoms with van der Waals surface area (Å²) in [6.45, 7) is 14.1. The molecule has 0 N–H and O–H groups in total. The van der Waals surface area contributed by atoms with E-state index in [1.54, 1.807) is 0 Å². The third kappa shape index (κ3) is 4.45. The van der Waals surface area contributed by atoms with E-state index in [1.807, 2.05) is 0 Å². The van der Waals surface area contributed by atoms with Crippen molar-refractivity contribution in [1.82, 2.24) is 0 Å². The lowest BCUT2D eigenvalue weighted by Gasteiger charge is -2.27. The molecule has 0 aromatic rings. The van der Waals surface area contributed by atoms with Crippen LogP contribution in [-0.4, -0.2) is 12.3 Å². The van der Waals surface area contributed by atoms with E-state index >= 15 is 0 Å². The highest BCUT2D eigenvalue weighted by Crippen LogP contribution is 2.32. The number of rotatable bonds is 5. The smallest absolute Gasteiger partial charge is 0.0190 e. The summed E-state index contributed by atoms with van der Waals surface area (Å²) in [5.74, 6) is 2.63. The average Bonchev–Trinajstić information content (AvgIpc) is 1.85. The van der Waals surface area contributed by atoms with Gasteiger partial charge in [-0.2, -0.15) is 0 Å². The first kappa shape index (κ1) is 12.4. The van der Waals surface area contributed by atoms with Crippen LogP contribution in [0.15, 0.2) is 0 Å². The van der Waals surface area contributed by atoms with E-state index in [-0.39, 0.29) is 0 Å². The lowest BCUT2D eigenvalue weighted by Crippen LogP contribution is -2.20. The molecule has 0 aromatic carbocycles. The molecule has 0 saturated heterocycles. The van der Waals surface area contributed by atoms with Crippen LogP contribution >= 0.6 is 8.58 Å². The number of hydrogen-bond acceptors (Lipinski definition) is 0. The average molecular weight is 188 g/mol. The largest absolute Gasteiger partial charge is 0.122 e. The predicted octanol–water partition coefficient (Wildman–Crippen LogP) is 4.00. The van der Waals surface area contributed by atoms with Crippen LogP contribution in [0, 0.1) is 17.8 Å². The highest BCUT2D eigenvalue weighted by Gasteiger charge is 2.19.